The van der Waals surface area contributed by atoms with Crippen molar-refractivity contribution >= 4 is 0 Å². The van der Waals surface area contributed by atoms with Crippen molar-refractivity contribution < 1.29 is 4.74 Å². The van der Waals surface area contributed by atoms with E-state index in [1.807, 2.05) is 12.5 Å². The molecule has 0 spiro atoms. The smallest absolute Gasteiger partial charge is 0.0953 e. The van der Waals surface area contributed by atoms with E-state index in [-0.39, 0.29) is 5.54 Å². The molecular weight excluding hydrogens is 190 g/mol. The van der Waals surface area contributed by atoms with Crippen LogP contribution in [0.3, 0.4) is 0 Å². The Morgan fingerprint density at radius 1 is 1.47 bits per heavy atom. The number of hydrogen-bond donors (Lipinski definition) is 1. The molecule has 4 heteroatoms. The minimum Gasteiger partial charge on any atom is -0.383 e. The lowest BCUT2D eigenvalue weighted by Crippen LogP contribution is -2.27. The number of ether oxygens (including phenoxy) is 1. The monoisotopic (exact) mass is 211 g/mol. The van der Waals surface area contributed by atoms with Gasteiger partial charge in [0.15, 0.2) is 0 Å². The number of imidazole rings is 1. The summed E-state index contributed by atoms with van der Waals surface area (Å²) in [6.45, 7) is 8.96. The molecule has 0 aromatic carbocycles. The summed E-state index contributed by atoms with van der Waals surface area (Å²) in [4.78, 5) is 4.18. The number of methoxy groups -OCH3 is 1. The average Bonchev–Trinajstić information content (AvgIpc) is 2.59. The molecule has 86 valence electrons. The van der Waals surface area contributed by atoms with Gasteiger partial charge in [-0.1, -0.05) is 0 Å². The Balaban J connectivity index is 2.51. The molecule has 1 aromatic rings. The zero-order valence-corrected chi connectivity index (χ0v) is 10.1. The van der Waals surface area contributed by atoms with Crippen molar-refractivity contribution in [2.24, 2.45) is 0 Å². The average molecular weight is 211 g/mol. The predicted molar refractivity (Wildman–Crippen MR) is 60.8 cm³/mol. The summed E-state index contributed by atoms with van der Waals surface area (Å²) < 4.78 is 7.16. The molecule has 0 amide bonds. The highest BCUT2D eigenvalue weighted by molar-refractivity contribution is 5.01. The number of aromatic nitrogens is 2. The van der Waals surface area contributed by atoms with Crippen LogP contribution in [0.2, 0.25) is 0 Å². The normalized spacial score (nSPS) is 12.0. The fourth-order valence-corrected chi connectivity index (χ4v) is 1.45. The maximum absolute atomic E-state index is 4.97. The molecule has 4 nitrogen and oxygen atoms in total. The molecule has 1 N–H and O–H groups in total. The topological polar surface area (TPSA) is 39.1 Å². The Kier molecular flexibility index (Phi) is 4.29. The highest BCUT2D eigenvalue weighted by Crippen LogP contribution is 2.15. The molecule has 1 rings (SSSR count). The van der Waals surface area contributed by atoms with E-state index in [4.69, 9.17) is 4.74 Å². The summed E-state index contributed by atoms with van der Waals surface area (Å²) in [7, 11) is 1.71. The third-order valence-corrected chi connectivity index (χ3v) is 2.23. The van der Waals surface area contributed by atoms with Crippen LogP contribution >= 0.6 is 0 Å². The van der Waals surface area contributed by atoms with Gasteiger partial charge in [0.25, 0.3) is 0 Å². The van der Waals surface area contributed by atoms with Crippen LogP contribution in [-0.2, 0) is 16.8 Å². The molecule has 0 aliphatic carbocycles. The third kappa shape index (κ3) is 3.64. The fourth-order valence-electron chi connectivity index (χ4n) is 1.45. The second-order valence-corrected chi connectivity index (χ2v) is 4.60. The maximum atomic E-state index is 4.97. The number of nitrogens with one attached hydrogen (secondary N) is 1. The predicted octanol–water partition coefficient (Wildman–Crippen LogP) is 1.37. The van der Waals surface area contributed by atoms with Crippen LogP contribution in [0.15, 0.2) is 12.5 Å². The third-order valence-electron chi connectivity index (χ3n) is 2.23. The van der Waals surface area contributed by atoms with Gasteiger partial charge in [0.1, 0.15) is 0 Å². The van der Waals surface area contributed by atoms with Gasteiger partial charge >= 0.3 is 0 Å². The van der Waals surface area contributed by atoms with Gasteiger partial charge in [0, 0.05) is 31.9 Å². The van der Waals surface area contributed by atoms with E-state index in [1.165, 1.54) is 5.69 Å². The first-order valence-corrected chi connectivity index (χ1v) is 5.27. The molecule has 1 heterocycles. The van der Waals surface area contributed by atoms with Crippen molar-refractivity contribution in [3.8, 4) is 0 Å². The summed E-state index contributed by atoms with van der Waals surface area (Å²) in [6.07, 6.45) is 3.79. The molecule has 0 bridgehead atoms. The summed E-state index contributed by atoms with van der Waals surface area (Å²) >= 11 is 0. The number of hydrogen-bond acceptors (Lipinski definition) is 3. The van der Waals surface area contributed by atoms with Gasteiger partial charge in [-0.15, -0.1) is 0 Å². The lowest BCUT2D eigenvalue weighted by molar-refractivity contribution is 0.198. The van der Waals surface area contributed by atoms with E-state index in [2.05, 4.69) is 35.6 Å². The van der Waals surface area contributed by atoms with E-state index >= 15 is 0 Å². The van der Waals surface area contributed by atoms with E-state index in [0.29, 0.717) is 0 Å². The minimum absolute atomic E-state index is 0.0920. The number of nitrogens with zero attached hydrogens (tertiary/aromatic N) is 2. The Hall–Kier alpha value is -0.870. The molecule has 0 aliphatic rings. The maximum Gasteiger partial charge on any atom is 0.0953 e. The molecule has 0 fully saturated rings. The van der Waals surface area contributed by atoms with Crippen molar-refractivity contribution in [1.29, 1.82) is 0 Å². The van der Waals surface area contributed by atoms with E-state index in [0.717, 1.165) is 19.7 Å². The van der Waals surface area contributed by atoms with Gasteiger partial charge in [-0.2, -0.15) is 0 Å². The molecule has 0 saturated carbocycles. The van der Waals surface area contributed by atoms with Gasteiger partial charge in [-0.25, -0.2) is 4.98 Å². The second-order valence-electron chi connectivity index (χ2n) is 4.60. The molecule has 0 saturated heterocycles. The molecule has 1 aromatic heterocycles. The molecule has 0 atom stereocenters. The zero-order chi connectivity index (χ0) is 11.3. The Morgan fingerprint density at radius 3 is 2.80 bits per heavy atom. The van der Waals surface area contributed by atoms with Crippen molar-refractivity contribution in [3.05, 3.63) is 18.2 Å². The van der Waals surface area contributed by atoms with Gasteiger partial charge < -0.3 is 14.6 Å². The Morgan fingerprint density at radius 2 is 2.20 bits per heavy atom. The second kappa shape index (κ2) is 5.28. The van der Waals surface area contributed by atoms with Crippen molar-refractivity contribution in [2.75, 3.05) is 20.3 Å². The van der Waals surface area contributed by atoms with E-state index in [1.54, 1.807) is 7.11 Å². The molecule has 0 radical (unpaired) electrons. The highest BCUT2D eigenvalue weighted by atomic mass is 16.5. The molecule has 0 aliphatic heterocycles. The van der Waals surface area contributed by atoms with Gasteiger partial charge in [0.2, 0.25) is 0 Å². The summed E-state index contributed by atoms with van der Waals surface area (Å²) in [6, 6.07) is 0. The van der Waals surface area contributed by atoms with Crippen LogP contribution in [0.4, 0.5) is 0 Å². The first kappa shape index (κ1) is 12.2. The molecule has 15 heavy (non-hydrogen) atoms. The van der Waals surface area contributed by atoms with Crippen LogP contribution in [0.25, 0.3) is 0 Å². The van der Waals surface area contributed by atoms with Gasteiger partial charge in [-0.05, 0) is 20.8 Å². The largest absolute Gasteiger partial charge is 0.383 e. The van der Waals surface area contributed by atoms with Crippen LogP contribution in [-0.4, -0.2) is 29.8 Å². The first-order chi connectivity index (χ1) is 7.05. The first-order valence-electron chi connectivity index (χ1n) is 5.27. The highest BCUT2D eigenvalue weighted by Gasteiger charge is 2.15. The Bertz CT molecular complexity index is 288. The summed E-state index contributed by atoms with van der Waals surface area (Å²) in [5, 5.41) is 3.32. The van der Waals surface area contributed by atoms with Crippen LogP contribution in [0.5, 0.6) is 0 Å². The van der Waals surface area contributed by atoms with Gasteiger partial charge in [-0.3, -0.25) is 0 Å². The molecular formula is C11H21N3O. The van der Waals surface area contributed by atoms with Crippen LogP contribution < -0.4 is 5.32 Å². The van der Waals surface area contributed by atoms with E-state index in [9.17, 15) is 0 Å². The van der Waals surface area contributed by atoms with Crippen molar-refractivity contribution in [3.63, 3.8) is 0 Å². The standard InChI is InChI=1S/C11H21N3O/c1-11(2,3)14-9-13-8-10(14)7-12-5-6-15-4/h8-9,12H,5-7H2,1-4H3. The van der Waals surface area contributed by atoms with E-state index < -0.39 is 0 Å². The zero-order valence-electron chi connectivity index (χ0n) is 10.1. The number of rotatable bonds is 5. The summed E-state index contributed by atoms with van der Waals surface area (Å²) in [5.74, 6) is 0. The van der Waals surface area contributed by atoms with Crippen LogP contribution in [0.1, 0.15) is 26.5 Å². The molecule has 0 unspecified atom stereocenters. The summed E-state index contributed by atoms with van der Waals surface area (Å²) in [5.41, 5.74) is 1.30. The minimum atomic E-state index is 0.0920. The SMILES string of the molecule is COCCNCc1cncn1C(C)(C)C. The quantitative estimate of drug-likeness (QED) is 0.748. The van der Waals surface area contributed by atoms with Crippen molar-refractivity contribution in [2.45, 2.75) is 32.9 Å². The van der Waals surface area contributed by atoms with Gasteiger partial charge in [0.05, 0.1) is 18.6 Å². The lowest BCUT2D eigenvalue weighted by Gasteiger charge is -2.23. The Labute approximate surface area is 91.7 Å². The van der Waals surface area contributed by atoms with Crippen LogP contribution in [0, 0.1) is 0 Å². The fraction of sp³-hybridized carbons (Fsp3) is 0.727. The lowest BCUT2D eigenvalue weighted by atomic mass is 10.1. The van der Waals surface area contributed by atoms with Crippen molar-refractivity contribution in [1.82, 2.24) is 14.9 Å².